The van der Waals surface area contributed by atoms with Crippen LogP contribution in [0.15, 0.2) is 12.3 Å². The SMILES string of the molecule is CCc1cnc(C(=O)NC)c(O)c1. The molecule has 0 spiro atoms. The van der Waals surface area contributed by atoms with Crippen LogP contribution in [0.5, 0.6) is 5.75 Å². The average molecular weight is 180 g/mol. The summed E-state index contributed by atoms with van der Waals surface area (Å²) >= 11 is 0. The third-order valence-corrected chi connectivity index (χ3v) is 1.77. The molecule has 0 aliphatic heterocycles. The van der Waals surface area contributed by atoms with Crippen molar-refractivity contribution < 1.29 is 9.90 Å². The molecule has 0 aliphatic carbocycles. The van der Waals surface area contributed by atoms with Gasteiger partial charge in [-0.15, -0.1) is 0 Å². The van der Waals surface area contributed by atoms with Crippen LogP contribution >= 0.6 is 0 Å². The molecule has 0 radical (unpaired) electrons. The van der Waals surface area contributed by atoms with Gasteiger partial charge < -0.3 is 10.4 Å². The number of carbonyl (C=O) groups is 1. The molecule has 0 saturated carbocycles. The Kier molecular flexibility index (Phi) is 2.84. The Bertz CT molecular complexity index is 323. The van der Waals surface area contributed by atoms with Crippen molar-refractivity contribution >= 4 is 5.91 Å². The van der Waals surface area contributed by atoms with Crippen LogP contribution in [-0.4, -0.2) is 23.0 Å². The third-order valence-electron chi connectivity index (χ3n) is 1.77. The fourth-order valence-electron chi connectivity index (χ4n) is 0.982. The van der Waals surface area contributed by atoms with Gasteiger partial charge in [0.25, 0.3) is 5.91 Å². The second-order valence-corrected chi connectivity index (χ2v) is 2.64. The molecule has 4 heteroatoms. The van der Waals surface area contributed by atoms with Gasteiger partial charge in [-0.1, -0.05) is 6.92 Å². The van der Waals surface area contributed by atoms with Crippen LogP contribution in [0.4, 0.5) is 0 Å². The molecular weight excluding hydrogens is 168 g/mol. The van der Waals surface area contributed by atoms with Gasteiger partial charge in [0.1, 0.15) is 5.75 Å². The van der Waals surface area contributed by atoms with Crippen LogP contribution in [0.2, 0.25) is 0 Å². The number of hydrogen-bond donors (Lipinski definition) is 2. The zero-order chi connectivity index (χ0) is 9.84. The summed E-state index contributed by atoms with van der Waals surface area (Å²) in [5.41, 5.74) is 0.977. The van der Waals surface area contributed by atoms with Gasteiger partial charge >= 0.3 is 0 Å². The molecular formula is C9H12N2O2. The lowest BCUT2D eigenvalue weighted by molar-refractivity contribution is 0.0955. The lowest BCUT2D eigenvalue weighted by atomic mass is 10.2. The highest BCUT2D eigenvalue weighted by atomic mass is 16.3. The quantitative estimate of drug-likeness (QED) is 0.704. The predicted octanol–water partition coefficient (Wildman–Crippen LogP) is 0.709. The first-order valence-corrected chi connectivity index (χ1v) is 4.09. The van der Waals surface area contributed by atoms with Crippen LogP contribution in [0, 0.1) is 0 Å². The number of nitrogens with one attached hydrogen (secondary N) is 1. The van der Waals surface area contributed by atoms with Gasteiger partial charge in [-0.2, -0.15) is 0 Å². The van der Waals surface area contributed by atoms with Gasteiger partial charge in [-0.25, -0.2) is 4.98 Å². The maximum atomic E-state index is 11.1. The minimum absolute atomic E-state index is 0.0692. The third kappa shape index (κ3) is 1.96. The molecule has 2 N–H and O–H groups in total. The van der Waals surface area contributed by atoms with E-state index in [0.717, 1.165) is 12.0 Å². The first-order chi connectivity index (χ1) is 6.19. The van der Waals surface area contributed by atoms with Crippen LogP contribution in [-0.2, 0) is 6.42 Å². The number of rotatable bonds is 2. The standard InChI is InChI=1S/C9H12N2O2/c1-3-6-4-7(12)8(11-5-6)9(13)10-2/h4-5,12H,3H2,1-2H3,(H,10,13). The molecule has 4 nitrogen and oxygen atoms in total. The Morgan fingerprint density at radius 2 is 2.38 bits per heavy atom. The van der Waals surface area contributed by atoms with Crippen molar-refractivity contribution in [1.82, 2.24) is 10.3 Å². The molecule has 0 bridgehead atoms. The maximum absolute atomic E-state index is 11.1. The molecule has 0 saturated heterocycles. The summed E-state index contributed by atoms with van der Waals surface area (Å²) in [5, 5.41) is 11.8. The summed E-state index contributed by atoms with van der Waals surface area (Å²) < 4.78 is 0. The first-order valence-electron chi connectivity index (χ1n) is 4.09. The van der Waals surface area contributed by atoms with Gasteiger partial charge in [-0.3, -0.25) is 4.79 Å². The number of carbonyl (C=O) groups excluding carboxylic acids is 1. The van der Waals surface area contributed by atoms with Crippen LogP contribution in [0.1, 0.15) is 23.0 Å². The van der Waals surface area contributed by atoms with Gasteiger partial charge in [0.05, 0.1) is 0 Å². The summed E-state index contributed by atoms with van der Waals surface area (Å²) in [6.07, 6.45) is 2.37. The molecule has 1 heterocycles. The maximum Gasteiger partial charge on any atom is 0.273 e. The van der Waals surface area contributed by atoms with Gasteiger partial charge in [0, 0.05) is 13.2 Å². The van der Waals surface area contributed by atoms with E-state index in [0.29, 0.717) is 0 Å². The zero-order valence-corrected chi connectivity index (χ0v) is 7.66. The van der Waals surface area contributed by atoms with E-state index in [9.17, 15) is 9.90 Å². The van der Waals surface area contributed by atoms with E-state index in [2.05, 4.69) is 10.3 Å². The highest BCUT2D eigenvalue weighted by Crippen LogP contribution is 2.15. The first kappa shape index (κ1) is 9.51. The van der Waals surface area contributed by atoms with Crippen molar-refractivity contribution in [3.63, 3.8) is 0 Å². The van der Waals surface area contributed by atoms with E-state index in [4.69, 9.17) is 0 Å². The number of aromatic hydroxyl groups is 1. The highest BCUT2D eigenvalue weighted by Gasteiger charge is 2.10. The zero-order valence-electron chi connectivity index (χ0n) is 7.66. The van der Waals surface area contributed by atoms with Crippen molar-refractivity contribution in [2.24, 2.45) is 0 Å². The van der Waals surface area contributed by atoms with Crippen molar-refractivity contribution in [3.05, 3.63) is 23.5 Å². The Morgan fingerprint density at radius 3 is 2.85 bits per heavy atom. The van der Waals surface area contributed by atoms with Gasteiger partial charge in [0.2, 0.25) is 0 Å². The molecule has 1 rings (SSSR count). The molecule has 0 atom stereocenters. The molecule has 70 valence electrons. The Morgan fingerprint density at radius 1 is 1.69 bits per heavy atom. The highest BCUT2D eigenvalue weighted by molar-refractivity contribution is 5.94. The molecule has 0 unspecified atom stereocenters. The number of amides is 1. The van der Waals surface area contributed by atoms with Crippen LogP contribution in [0.3, 0.4) is 0 Å². The Labute approximate surface area is 76.6 Å². The van der Waals surface area contributed by atoms with E-state index in [1.54, 1.807) is 12.3 Å². The molecule has 1 aromatic rings. The fraction of sp³-hybridized carbons (Fsp3) is 0.333. The molecule has 0 aliphatic rings. The summed E-state index contributed by atoms with van der Waals surface area (Å²) in [6.45, 7) is 1.95. The summed E-state index contributed by atoms with van der Waals surface area (Å²) in [4.78, 5) is 15.0. The minimum Gasteiger partial charge on any atom is -0.505 e. The summed E-state index contributed by atoms with van der Waals surface area (Å²) in [6, 6.07) is 1.55. The number of pyridine rings is 1. The number of aromatic nitrogens is 1. The van der Waals surface area contributed by atoms with E-state index in [-0.39, 0.29) is 17.4 Å². The van der Waals surface area contributed by atoms with E-state index in [1.165, 1.54) is 7.05 Å². The second kappa shape index (κ2) is 3.89. The van der Waals surface area contributed by atoms with Crippen molar-refractivity contribution in [2.45, 2.75) is 13.3 Å². The monoisotopic (exact) mass is 180 g/mol. The van der Waals surface area contributed by atoms with Crippen molar-refractivity contribution in [2.75, 3.05) is 7.05 Å². The summed E-state index contributed by atoms with van der Waals surface area (Å²) in [5.74, 6) is -0.446. The van der Waals surface area contributed by atoms with Crippen molar-refractivity contribution in [1.29, 1.82) is 0 Å². The molecule has 13 heavy (non-hydrogen) atoms. The average Bonchev–Trinajstić information content (AvgIpc) is 2.16. The number of nitrogens with zero attached hydrogens (tertiary/aromatic N) is 1. The Balaban J connectivity index is 3.05. The van der Waals surface area contributed by atoms with Crippen LogP contribution < -0.4 is 5.32 Å². The smallest absolute Gasteiger partial charge is 0.273 e. The molecule has 1 amide bonds. The molecule has 1 aromatic heterocycles. The van der Waals surface area contributed by atoms with Gasteiger partial charge in [0.15, 0.2) is 5.69 Å². The number of aryl methyl sites for hydroxylation is 1. The number of hydrogen-bond acceptors (Lipinski definition) is 3. The van der Waals surface area contributed by atoms with Crippen LogP contribution in [0.25, 0.3) is 0 Å². The predicted molar refractivity (Wildman–Crippen MR) is 48.7 cm³/mol. The van der Waals surface area contributed by atoms with Gasteiger partial charge in [-0.05, 0) is 18.1 Å². The lowest BCUT2D eigenvalue weighted by Gasteiger charge is -2.03. The van der Waals surface area contributed by atoms with E-state index in [1.807, 2.05) is 6.92 Å². The normalized spacial score (nSPS) is 9.69. The molecule has 0 aromatic carbocycles. The second-order valence-electron chi connectivity index (χ2n) is 2.64. The Hall–Kier alpha value is -1.58. The lowest BCUT2D eigenvalue weighted by Crippen LogP contribution is -2.19. The molecule has 0 fully saturated rings. The topological polar surface area (TPSA) is 62.2 Å². The van der Waals surface area contributed by atoms with Crippen molar-refractivity contribution in [3.8, 4) is 5.75 Å². The largest absolute Gasteiger partial charge is 0.505 e. The fourth-order valence-corrected chi connectivity index (χ4v) is 0.982. The van der Waals surface area contributed by atoms with E-state index < -0.39 is 0 Å². The van der Waals surface area contributed by atoms with E-state index >= 15 is 0 Å². The summed E-state index contributed by atoms with van der Waals surface area (Å²) in [7, 11) is 1.50. The minimum atomic E-state index is -0.375.